The maximum atomic E-state index is 12.0. The van der Waals surface area contributed by atoms with Gasteiger partial charge >= 0.3 is 0 Å². The fraction of sp³-hybridized carbons (Fsp3) is 0.417. The van der Waals surface area contributed by atoms with E-state index in [4.69, 9.17) is 0 Å². The number of aromatic amines is 2. The lowest BCUT2D eigenvalue weighted by atomic mass is 10.2. The minimum Gasteiger partial charge on any atom is -0.347 e. The van der Waals surface area contributed by atoms with Crippen LogP contribution in [0.1, 0.15) is 48.3 Å². The Morgan fingerprint density at radius 2 is 2.33 bits per heavy atom. The number of amides is 1. The molecule has 6 heteroatoms. The number of nitrogens with one attached hydrogen (secondary N) is 3. The molecule has 1 amide bonds. The Kier molecular flexibility index (Phi) is 3.76. The molecule has 0 radical (unpaired) electrons. The molecular formula is C12H17N5O. The zero-order valence-corrected chi connectivity index (χ0v) is 10.5. The molecular weight excluding hydrogens is 230 g/mol. The number of hydrogen-bond acceptors (Lipinski definition) is 3. The highest BCUT2D eigenvalue weighted by molar-refractivity contribution is 5.92. The van der Waals surface area contributed by atoms with Gasteiger partial charge in [-0.15, -0.1) is 0 Å². The summed E-state index contributed by atoms with van der Waals surface area (Å²) in [6.45, 7) is 4.00. The van der Waals surface area contributed by atoms with Crippen LogP contribution in [0.2, 0.25) is 0 Å². The Balaban J connectivity index is 2.06. The van der Waals surface area contributed by atoms with Crippen molar-refractivity contribution in [3.8, 4) is 0 Å². The van der Waals surface area contributed by atoms with Gasteiger partial charge in [0.15, 0.2) is 0 Å². The Morgan fingerprint density at radius 3 is 2.89 bits per heavy atom. The number of carbonyl (C=O) groups is 1. The highest BCUT2D eigenvalue weighted by Gasteiger charge is 2.17. The summed E-state index contributed by atoms with van der Waals surface area (Å²) < 4.78 is 0. The molecule has 2 aromatic rings. The highest BCUT2D eigenvalue weighted by atomic mass is 16.2. The second kappa shape index (κ2) is 5.48. The molecule has 96 valence electrons. The molecule has 0 unspecified atom stereocenters. The summed E-state index contributed by atoms with van der Waals surface area (Å²) >= 11 is 0. The normalized spacial score (nSPS) is 12.3. The first-order valence-corrected chi connectivity index (χ1v) is 6.09. The quantitative estimate of drug-likeness (QED) is 0.749. The first kappa shape index (κ1) is 12.3. The van der Waals surface area contributed by atoms with Crippen LogP contribution in [-0.4, -0.2) is 26.1 Å². The van der Waals surface area contributed by atoms with Crippen LogP contribution < -0.4 is 5.32 Å². The van der Waals surface area contributed by atoms with Gasteiger partial charge in [-0.3, -0.25) is 9.89 Å². The second-order valence-electron chi connectivity index (χ2n) is 4.04. The molecule has 0 fully saturated rings. The lowest BCUT2D eigenvalue weighted by Gasteiger charge is -2.13. The van der Waals surface area contributed by atoms with Gasteiger partial charge in [-0.05, 0) is 18.9 Å². The third-order valence-electron chi connectivity index (χ3n) is 2.81. The van der Waals surface area contributed by atoms with Crippen molar-refractivity contribution in [1.82, 2.24) is 25.5 Å². The summed E-state index contributed by atoms with van der Waals surface area (Å²) in [7, 11) is 0. The van der Waals surface area contributed by atoms with Gasteiger partial charge in [-0.25, -0.2) is 4.98 Å². The second-order valence-corrected chi connectivity index (χ2v) is 4.04. The van der Waals surface area contributed by atoms with E-state index in [1.54, 1.807) is 18.5 Å². The van der Waals surface area contributed by atoms with Crippen molar-refractivity contribution in [2.75, 3.05) is 0 Å². The van der Waals surface area contributed by atoms with Crippen LogP contribution in [0.25, 0.3) is 0 Å². The molecule has 2 aromatic heterocycles. The molecule has 2 rings (SSSR count). The molecule has 0 spiro atoms. The van der Waals surface area contributed by atoms with Crippen molar-refractivity contribution in [2.45, 2.75) is 32.7 Å². The van der Waals surface area contributed by atoms with Gasteiger partial charge in [0.1, 0.15) is 11.5 Å². The number of rotatable bonds is 5. The number of aryl methyl sites for hydroxylation is 1. The zero-order valence-electron chi connectivity index (χ0n) is 10.5. The lowest BCUT2D eigenvalue weighted by molar-refractivity contribution is 0.0929. The van der Waals surface area contributed by atoms with Crippen molar-refractivity contribution < 1.29 is 4.79 Å². The fourth-order valence-corrected chi connectivity index (χ4v) is 1.72. The maximum Gasteiger partial charge on any atom is 0.272 e. The van der Waals surface area contributed by atoms with E-state index < -0.39 is 0 Å². The molecule has 0 saturated heterocycles. The van der Waals surface area contributed by atoms with Gasteiger partial charge in [0.05, 0.1) is 6.04 Å². The Hall–Kier alpha value is -2.11. The summed E-state index contributed by atoms with van der Waals surface area (Å²) in [6, 6.07) is 1.65. The summed E-state index contributed by atoms with van der Waals surface area (Å²) in [4.78, 5) is 19.2. The van der Waals surface area contributed by atoms with Gasteiger partial charge in [0.25, 0.3) is 5.91 Å². The molecule has 0 saturated carbocycles. The van der Waals surface area contributed by atoms with E-state index in [2.05, 4.69) is 25.5 Å². The van der Waals surface area contributed by atoms with Crippen molar-refractivity contribution in [3.05, 3.63) is 35.7 Å². The number of H-pyrrole nitrogens is 2. The standard InChI is InChI=1S/C12H17N5O/c1-3-8-7-10(17-16-8)12(18)15-9(4-2)11-13-5-6-14-11/h5-7,9H,3-4H2,1-2H3,(H,13,14)(H,15,18)(H,16,17)/t9-/m0/s1. The van der Waals surface area contributed by atoms with Gasteiger partial charge in [0, 0.05) is 18.1 Å². The molecule has 2 heterocycles. The maximum absolute atomic E-state index is 12.0. The molecule has 0 aromatic carbocycles. The minimum atomic E-state index is -0.186. The van der Waals surface area contributed by atoms with E-state index in [0.29, 0.717) is 5.69 Å². The van der Waals surface area contributed by atoms with Crippen molar-refractivity contribution in [3.63, 3.8) is 0 Å². The smallest absolute Gasteiger partial charge is 0.272 e. The summed E-state index contributed by atoms with van der Waals surface area (Å²) in [6.07, 6.45) is 5.02. The Labute approximate surface area is 105 Å². The molecule has 0 aliphatic rings. The molecule has 0 aliphatic heterocycles. The average molecular weight is 247 g/mol. The summed E-state index contributed by atoms with van der Waals surface area (Å²) in [5.41, 5.74) is 1.36. The molecule has 0 bridgehead atoms. The Bertz CT molecular complexity index is 502. The van der Waals surface area contributed by atoms with Gasteiger partial charge in [-0.2, -0.15) is 5.10 Å². The molecule has 6 nitrogen and oxygen atoms in total. The van der Waals surface area contributed by atoms with E-state index in [1.165, 1.54) is 0 Å². The van der Waals surface area contributed by atoms with E-state index in [-0.39, 0.29) is 11.9 Å². The monoisotopic (exact) mass is 247 g/mol. The van der Waals surface area contributed by atoms with Gasteiger partial charge in [0.2, 0.25) is 0 Å². The van der Waals surface area contributed by atoms with E-state index in [1.807, 2.05) is 13.8 Å². The average Bonchev–Trinajstić information content (AvgIpc) is 3.05. The molecule has 0 aliphatic carbocycles. The van der Waals surface area contributed by atoms with Crippen LogP contribution >= 0.6 is 0 Å². The third-order valence-corrected chi connectivity index (χ3v) is 2.81. The van der Waals surface area contributed by atoms with Gasteiger partial charge < -0.3 is 10.3 Å². The number of carbonyl (C=O) groups excluding carboxylic acids is 1. The first-order chi connectivity index (χ1) is 8.74. The van der Waals surface area contributed by atoms with Crippen molar-refractivity contribution in [1.29, 1.82) is 0 Å². The molecule has 18 heavy (non-hydrogen) atoms. The largest absolute Gasteiger partial charge is 0.347 e. The Morgan fingerprint density at radius 1 is 1.50 bits per heavy atom. The number of nitrogens with zero attached hydrogens (tertiary/aromatic N) is 2. The number of aromatic nitrogens is 4. The van der Waals surface area contributed by atoms with Crippen LogP contribution in [0.4, 0.5) is 0 Å². The van der Waals surface area contributed by atoms with Gasteiger partial charge in [-0.1, -0.05) is 13.8 Å². The SMILES string of the molecule is CCc1cc(C(=O)N[C@@H](CC)c2ncc[nH]2)n[nH]1. The topological polar surface area (TPSA) is 86.5 Å². The number of hydrogen-bond donors (Lipinski definition) is 3. The minimum absolute atomic E-state index is 0.116. The highest BCUT2D eigenvalue weighted by Crippen LogP contribution is 2.12. The van der Waals surface area contributed by atoms with Crippen LogP contribution in [-0.2, 0) is 6.42 Å². The predicted molar refractivity (Wildman–Crippen MR) is 67.1 cm³/mol. The molecule has 1 atom stereocenters. The van der Waals surface area contributed by atoms with Crippen LogP contribution in [0, 0.1) is 0 Å². The fourth-order valence-electron chi connectivity index (χ4n) is 1.72. The molecule has 3 N–H and O–H groups in total. The van der Waals surface area contributed by atoms with Crippen LogP contribution in [0.5, 0.6) is 0 Å². The lowest BCUT2D eigenvalue weighted by Crippen LogP contribution is -2.29. The van der Waals surface area contributed by atoms with Crippen LogP contribution in [0.15, 0.2) is 18.5 Å². The zero-order chi connectivity index (χ0) is 13.0. The summed E-state index contributed by atoms with van der Waals surface area (Å²) in [5.74, 6) is 0.575. The van der Waals surface area contributed by atoms with Crippen molar-refractivity contribution in [2.24, 2.45) is 0 Å². The number of imidazole rings is 1. The summed E-state index contributed by atoms with van der Waals surface area (Å²) in [5, 5.41) is 9.72. The van der Waals surface area contributed by atoms with E-state index >= 15 is 0 Å². The van der Waals surface area contributed by atoms with Crippen LogP contribution in [0.3, 0.4) is 0 Å². The predicted octanol–water partition coefficient (Wildman–Crippen LogP) is 1.58. The third kappa shape index (κ3) is 2.58. The first-order valence-electron chi connectivity index (χ1n) is 6.09. The van der Waals surface area contributed by atoms with Crippen molar-refractivity contribution >= 4 is 5.91 Å². The van der Waals surface area contributed by atoms with E-state index in [0.717, 1.165) is 24.4 Å². The van der Waals surface area contributed by atoms with E-state index in [9.17, 15) is 4.79 Å².